The number of carboxylic acid groups (broad SMARTS) is 2. The molecule has 0 unspecified atom stereocenters. The molecule has 0 saturated heterocycles. The fourth-order valence-corrected chi connectivity index (χ4v) is 3.23. The number of ether oxygens (including phenoxy) is 2. The van der Waals surface area contributed by atoms with Gasteiger partial charge in [-0.25, -0.2) is 0 Å². The Hall–Kier alpha value is -2.12. The predicted molar refractivity (Wildman–Crippen MR) is 120 cm³/mol. The zero-order chi connectivity index (χ0) is 23.9. The summed E-state index contributed by atoms with van der Waals surface area (Å²) < 4.78 is 10.3. The van der Waals surface area contributed by atoms with Crippen LogP contribution in [-0.4, -0.2) is 47.3 Å². The molecule has 0 aromatic carbocycles. The summed E-state index contributed by atoms with van der Waals surface area (Å²) in [6, 6.07) is 0. The Morgan fingerprint density at radius 2 is 0.688 bits per heavy atom. The molecule has 0 heterocycles. The van der Waals surface area contributed by atoms with Gasteiger partial charge in [0.1, 0.15) is 0 Å². The first-order valence-electron chi connectivity index (χ1n) is 12.2. The molecule has 0 spiro atoms. The first-order valence-corrected chi connectivity index (χ1v) is 12.2. The Kier molecular flexibility index (Phi) is 20.6. The van der Waals surface area contributed by atoms with Crippen LogP contribution in [0.1, 0.15) is 116 Å². The van der Waals surface area contributed by atoms with E-state index in [0.29, 0.717) is 51.7 Å². The normalized spacial score (nSPS) is 10.6. The van der Waals surface area contributed by atoms with Gasteiger partial charge in [-0.15, -0.1) is 0 Å². The van der Waals surface area contributed by atoms with E-state index in [-0.39, 0.29) is 24.8 Å². The van der Waals surface area contributed by atoms with Gasteiger partial charge in [-0.05, 0) is 38.5 Å². The van der Waals surface area contributed by atoms with Gasteiger partial charge in [-0.3, -0.25) is 19.2 Å². The van der Waals surface area contributed by atoms with Crippen molar-refractivity contribution in [2.24, 2.45) is 0 Å². The summed E-state index contributed by atoms with van der Waals surface area (Å²) in [5, 5.41) is 17.1. The lowest BCUT2D eigenvalue weighted by molar-refractivity contribution is -0.145. The number of esters is 2. The third kappa shape index (κ3) is 24.2. The van der Waals surface area contributed by atoms with Gasteiger partial charge in [-0.2, -0.15) is 0 Å². The molecule has 0 aliphatic carbocycles. The summed E-state index contributed by atoms with van der Waals surface area (Å²) >= 11 is 0. The van der Waals surface area contributed by atoms with Gasteiger partial charge in [0, 0.05) is 25.7 Å². The largest absolute Gasteiger partial charge is 0.481 e. The molecule has 0 aliphatic rings. The molecule has 0 aliphatic heterocycles. The fourth-order valence-electron chi connectivity index (χ4n) is 3.23. The molecule has 8 heteroatoms. The van der Waals surface area contributed by atoms with E-state index in [1.54, 1.807) is 0 Å². The second-order valence-electron chi connectivity index (χ2n) is 8.18. The van der Waals surface area contributed by atoms with Crippen molar-refractivity contribution in [2.75, 3.05) is 13.2 Å². The van der Waals surface area contributed by atoms with Gasteiger partial charge in [0.15, 0.2) is 0 Å². The minimum absolute atomic E-state index is 0.0987. The van der Waals surface area contributed by atoms with Crippen molar-refractivity contribution in [3.8, 4) is 0 Å². The van der Waals surface area contributed by atoms with Crippen LogP contribution in [0, 0.1) is 0 Å². The second kappa shape index (κ2) is 22.1. The lowest BCUT2D eigenvalue weighted by atomic mass is 10.1. The van der Waals surface area contributed by atoms with E-state index in [4.69, 9.17) is 19.7 Å². The van der Waals surface area contributed by atoms with Crippen LogP contribution in [0.25, 0.3) is 0 Å². The molecule has 0 fully saturated rings. The van der Waals surface area contributed by atoms with Gasteiger partial charge in [-0.1, -0.05) is 51.4 Å². The molecular formula is C24H42O8. The van der Waals surface area contributed by atoms with E-state index >= 15 is 0 Å². The number of hydrogen-bond donors (Lipinski definition) is 2. The maximum atomic E-state index is 11.5. The van der Waals surface area contributed by atoms with Crippen LogP contribution in [0.15, 0.2) is 0 Å². The van der Waals surface area contributed by atoms with Gasteiger partial charge in [0.25, 0.3) is 0 Å². The molecule has 0 rings (SSSR count). The van der Waals surface area contributed by atoms with Crippen molar-refractivity contribution in [3.63, 3.8) is 0 Å². The summed E-state index contributed by atoms with van der Waals surface area (Å²) in [7, 11) is 0. The lowest BCUT2D eigenvalue weighted by Gasteiger charge is -2.06. The Labute approximate surface area is 192 Å². The highest BCUT2D eigenvalue weighted by Gasteiger charge is 2.05. The van der Waals surface area contributed by atoms with Crippen LogP contribution in [0.3, 0.4) is 0 Å². The van der Waals surface area contributed by atoms with Crippen molar-refractivity contribution < 1.29 is 38.9 Å². The van der Waals surface area contributed by atoms with Crippen LogP contribution >= 0.6 is 0 Å². The lowest BCUT2D eigenvalue weighted by Crippen LogP contribution is -2.06. The van der Waals surface area contributed by atoms with Gasteiger partial charge >= 0.3 is 23.9 Å². The summed E-state index contributed by atoms with van der Waals surface area (Å²) in [4.78, 5) is 43.7. The number of aliphatic carboxylic acids is 2. The average molecular weight is 459 g/mol. The van der Waals surface area contributed by atoms with Crippen molar-refractivity contribution in [2.45, 2.75) is 116 Å². The highest BCUT2D eigenvalue weighted by atomic mass is 16.5. The first-order chi connectivity index (χ1) is 15.4. The minimum atomic E-state index is -0.833. The Morgan fingerprint density at radius 3 is 1.00 bits per heavy atom. The van der Waals surface area contributed by atoms with Crippen LogP contribution in [-0.2, 0) is 28.7 Å². The summed E-state index contributed by atoms with van der Waals surface area (Å²) in [6.45, 7) is 0.898. The Morgan fingerprint density at radius 1 is 0.406 bits per heavy atom. The minimum Gasteiger partial charge on any atom is -0.481 e. The summed E-state index contributed by atoms with van der Waals surface area (Å²) in [5.41, 5.74) is 0. The van der Waals surface area contributed by atoms with E-state index in [1.807, 2.05) is 0 Å². The molecule has 0 saturated carbocycles. The smallest absolute Gasteiger partial charge is 0.305 e. The van der Waals surface area contributed by atoms with Crippen LogP contribution in [0.2, 0.25) is 0 Å². The quantitative estimate of drug-likeness (QED) is 0.157. The highest BCUT2D eigenvalue weighted by molar-refractivity contribution is 5.70. The van der Waals surface area contributed by atoms with Crippen molar-refractivity contribution >= 4 is 23.9 Å². The van der Waals surface area contributed by atoms with E-state index < -0.39 is 11.9 Å². The van der Waals surface area contributed by atoms with Crippen LogP contribution < -0.4 is 0 Å². The fraction of sp³-hybridized carbons (Fsp3) is 0.833. The maximum Gasteiger partial charge on any atom is 0.305 e. The van der Waals surface area contributed by atoms with Crippen LogP contribution in [0.5, 0.6) is 0 Å². The molecular weight excluding hydrogens is 416 g/mol. The Bertz CT molecular complexity index is 472. The zero-order valence-corrected chi connectivity index (χ0v) is 19.5. The molecule has 0 aromatic heterocycles. The highest BCUT2D eigenvalue weighted by Crippen LogP contribution is 2.11. The molecule has 32 heavy (non-hydrogen) atoms. The Balaban J connectivity index is 3.23. The summed E-state index contributed by atoms with van der Waals surface area (Å²) in [6.07, 6.45) is 13.8. The predicted octanol–water partition coefficient (Wildman–Crippen LogP) is 5.26. The molecule has 0 atom stereocenters. The molecule has 8 nitrogen and oxygen atoms in total. The topological polar surface area (TPSA) is 127 Å². The third-order valence-electron chi connectivity index (χ3n) is 5.11. The monoisotopic (exact) mass is 458 g/mol. The molecule has 186 valence electrons. The average Bonchev–Trinajstić information content (AvgIpc) is 2.74. The molecule has 2 N–H and O–H groups in total. The van der Waals surface area contributed by atoms with Crippen molar-refractivity contribution in [3.05, 3.63) is 0 Å². The van der Waals surface area contributed by atoms with Crippen molar-refractivity contribution in [1.29, 1.82) is 0 Å². The van der Waals surface area contributed by atoms with Crippen LogP contribution in [0.4, 0.5) is 0 Å². The number of hydrogen-bond acceptors (Lipinski definition) is 6. The van der Waals surface area contributed by atoms with E-state index in [0.717, 1.165) is 38.5 Å². The van der Waals surface area contributed by atoms with Gasteiger partial charge in [0.05, 0.1) is 13.2 Å². The number of rotatable bonds is 23. The zero-order valence-electron chi connectivity index (χ0n) is 19.5. The number of carboxylic acids is 2. The third-order valence-corrected chi connectivity index (χ3v) is 5.11. The molecule has 0 radical (unpaired) electrons. The number of carbonyl (C=O) groups excluding carboxylic acids is 2. The van der Waals surface area contributed by atoms with E-state index in [1.165, 1.54) is 25.7 Å². The molecule has 0 aromatic rings. The second-order valence-corrected chi connectivity index (χ2v) is 8.18. The van der Waals surface area contributed by atoms with E-state index in [9.17, 15) is 19.2 Å². The summed E-state index contributed by atoms with van der Waals surface area (Å²) in [5.74, 6) is -2.14. The SMILES string of the molecule is O=C(O)CCCCC(=O)OCCCCCCCCCCCCOC(=O)CCCCC(=O)O. The first kappa shape index (κ1) is 29.9. The van der Waals surface area contributed by atoms with Gasteiger partial charge < -0.3 is 19.7 Å². The maximum absolute atomic E-state index is 11.5. The van der Waals surface area contributed by atoms with Gasteiger partial charge in [0.2, 0.25) is 0 Å². The molecule has 0 bridgehead atoms. The standard InChI is InChI=1S/C24H42O8/c25-21(26)15-9-11-17-23(29)31-19-13-7-5-3-1-2-4-6-8-14-20-32-24(30)18-12-10-16-22(27)28/h1-20H2,(H,25,26)(H,27,28). The molecule has 0 amide bonds. The number of carbonyl (C=O) groups is 4. The van der Waals surface area contributed by atoms with E-state index in [2.05, 4.69) is 0 Å². The van der Waals surface area contributed by atoms with Crippen molar-refractivity contribution in [1.82, 2.24) is 0 Å². The number of unbranched alkanes of at least 4 members (excludes halogenated alkanes) is 11.